The van der Waals surface area contributed by atoms with Crippen LogP contribution >= 0.6 is 0 Å². The second kappa shape index (κ2) is 5.17. The van der Waals surface area contributed by atoms with Gasteiger partial charge >= 0.3 is 0 Å². The Balaban J connectivity index is 1.80. The van der Waals surface area contributed by atoms with Crippen molar-refractivity contribution in [1.82, 2.24) is 25.1 Å². The third-order valence-electron chi connectivity index (χ3n) is 4.04. The fourth-order valence-corrected chi connectivity index (χ4v) is 2.98. The van der Waals surface area contributed by atoms with E-state index in [1.165, 1.54) is 24.1 Å². The number of H-pyrrole nitrogens is 1. The predicted octanol–water partition coefficient (Wildman–Crippen LogP) is 2.26. The van der Waals surface area contributed by atoms with Crippen LogP contribution in [0.4, 0.5) is 0 Å². The molecule has 2 atom stereocenters. The van der Waals surface area contributed by atoms with E-state index in [4.69, 9.17) is 0 Å². The highest BCUT2D eigenvalue weighted by atomic mass is 15.3. The van der Waals surface area contributed by atoms with Gasteiger partial charge in [0.2, 0.25) is 0 Å². The Morgan fingerprint density at radius 1 is 1.58 bits per heavy atom. The number of hydrogen-bond acceptors (Lipinski definition) is 3. The average Bonchev–Trinajstić information content (AvgIpc) is 3.07. The number of nitrogens with zero attached hydrogens (tertiary/aromatic N) is 3. The monoisotopic (exact) mass is 259 g/mol. The van der Waals surface area contributed by atoms with E-state index in [-0.39, 0.29) is 6.04 Å². The predicted molar refractivity (Wildman–Crippen MR) is 73.6 cm³/mol. The summed E-state index contributed by atoms with van der Waals surface area (Å²) in [6.45, 7) is 2.19. The first-order chi connectivity index (χ1) is 9.29. The number of aryl methyl sites for hydroxylation is 1. The fourth-order valence-electron chi connectivity index (χ4n) is 2.98. The van der Waals surface area contributed by atoms with Crippen LogP contribution in [0.1, 0.15) is 55.4 Å². The summed E-state index contributed by atoms with van der Waals surface area (Å²) in [7, 11) is 2.03. The van der Waals surface area contributed by atoms with Gasteiger partial charge in [-0.1, -0.05) is 6.92 Å². The molecule has 1 aliphatic rings. The molecule has 1 aliphatic carbocycles. The SMILES string of the molecule is CCC(NC1CCCc2c1cnn2C)c1ncc[nH]1. The van der Waals surface area contributed by atoms with E-state index in [0.717, 1.165) is 18.7 Å². The number of rotatable bonds is 4. The van der Waals surface area contributed by atoms with Crippen molar-refractivity contribution in [3.05, 3.63) is 35.7 Å². The molecule has 19 heavy (non-hydrogen) atoms. The molecule has 5 nitrogen and oxygen atoms in total. The molecule has 2 aromatic heterocycles. The van der Waals surface area contributed by atoms with Gasteiger partial charge in [-0.2, -0.15) is 5.10 Å². The van der Waals surface area contributed by atoms with Crippen LogP contribution in [0.15, 0.2) is 18.6 Å². The highest BCUT2D eigenvalue weighted by Crippen LogP contribution is 2.31. The quantitative estimate of drug-likeness (QED) is 0.885. The van der Waals surface area contributed by atoms with Gasteiger partial charge in [0.05, 0.1) is 12.2 Å². The zero-order valence-electron chi connectivity index (χ0n) is 11.6. The molecule has 0 saturated heterocycles. The van der Waals surface area contributed by atoms with E-state index in [1.54, 1.807) is 0 Å². The van der Waals surface area contributed by atoms with E-state index in [0.29, 0.717) is 6.04 Å². The summed E-state index contributed by atoms with van der Waals surface area (Å²) < 4.78 is 2.01. The molecule has 0 amide bonds. The van der Waals surface area contributed by atoms with Crippen molar-refractivity contribution in [2.24, 2.45) is 7.05 Å². The van der Waals surface area contributed by atoms with Gasteiger partial charge in [-0.05, 0) is 25.7 Å². The van der Waals surface area contributed by atoms with Gasteiger partial charge in [-0.3, -0.25) is 4.68 Å². The standard InChI is InChI=1S/C14H21N5/c1-3-11(14-15-7-8-16-14)18-12-5-4-6-13-10(12)9-17-19(13)2/h7-9,11-12,18H,3-6H2,1-2H3,(H,15,16). The molecule has 0 spiro atoms. The molecule has 5 heteroatoms. The van der Waals surface area contributed by atoms with E-state index >= 15 is 0 Å². The van der Waals surface area contributed by atoms with Crippen molar-refractivity contribution in [3.63, 3.8) is 0 Å². The Kier molecular flexibility index (Phi) is 3.38. The molecule has 3 rings (SSSR count). The largest absolute Gasteiger partial charge is 0.347 e. The second-order valence-corrected chi connectivity index (χ2v) is 5.22. The van der Waals surface area contributed by atoms with Gasteiger partial charge in [0.15, 0.2) is 0 Å². The number of hydrogen-bond donors (Lipinski definition) is 2. The second-order valence-electron chi connectivity index (χ2n) is 5.22. The molecule has 0 aromatic carbocycles. The molecule has 102 valence electrons. The van der Waals surface area contributed by atoms with Crippen LogP contribution in [0.2, 0.25) is 0 Å². The summed E-state index contributed by atoms with van der Waals surface area (Å²) in [5.74, 6) is 1.03. The van der Waals surface area contributed by atoms with Crippen molar-refractivity contribution in [1.29, 1.82) is 0 Å². The minimum absolute atomic E-state index is 0.283. The summed E-state index contributed by atoms with van der Waals surface area (Å²) in [5.41, 5.74) is 2.73. The van der Waals surface area contributed by atoms with Crippen LogP contribution < -0.4 is 5.32 Å². The van der Waals surface area contributed by atoms with Crippen LogP contribution in [0.25, 0.3) is 0 Å². The average molecular weight is 259 g/mol. The molecule has 0 bridgehead atoms. The van der Waals surface area contributed by atoms with Crippen LogP contribution in [-0.2, 0) is 13.5 Å². The van der Waals surface area contributed by atoms with Gasteiger partial charge in [0, 0.05) is 36.7 Å². The van der Waals surface area contributed by atoms with E-state index in [9.17, 15) is 0 Å². The van der Waals surface area contributed by atoms with Crippen LogP contribution in [-0.4, -0.2) is 19.7 Å². The van der Waals surface area contributed by atoms with Gasteiger partial charge in [0.1, 0.15) is 5.82 Å². The summed E-state index contributed by atoms with van der Waals surface area (Å²) in [6, 6.07) is 0.679. The van der Waals surface area contributed by atoms with Crippen molar-refractivity contribution >= 4 is 0 Å². The number of nitrogens with one attached hydrogen (secondary N) is 2. The van der Waals surface area contributed by atoms with Crippen molar-refractivity contribution < 1.29 is 0 Å². The first kappa shape index (κ1) is 12.4. The number of fused-ring (bicyclic) bond motifs is 1. The van der Waals surface area contributed by atoms with E-state index < -0.39 is 0 Å². The normalized spacial score (nSPS) is 20.2. The number of aromatic amines is 1. The lowest BCUT2D eigenvalue weighted by molar-refractivity contribution is 0.381. The highest BCUT2D eigenvalue weighted by Gasteiger charge is 2.26. The van der Waals surface area contributed by atoms with Crippen LogP contribution in [0.5, 0.6) is 0 Å². The third kappa shape index (κ3) is 2.30. The number of aromatic nitrogens is 4. The molecule has 2 aromatic rings. The maximum Gasteiger partial charge on any atom is 0.123 e. The minimum atomic E-state index is 0.283. The van der Waals surface area contributed by atoms with Gasteiger partial charge < -0.3 is 10.3 Å². The Morgan fingerprint density at radius 3 is 3.21 bits per heavy atom. The molecule has 0 aliphatic heterocycles. The Hall–Kier alpha value is -1.62. The summed E-state index contributed by atoms with van der Waals surface area (Å²) >= 11 is 0. The highest BCUT2D eigenvalue weighted by molar-refractivity contribution is 5.25. The maximum atomic E-state index is 4.40. The molecule has 2 heterocycles. The molecule has 0 fully saturated rings. The maximum absolute atomic E-state index is 4.40. The Morgan fingerprint density at radius 2 is 2.47 bits per heavy atom. The first-order valence-corrected chi connectivity index (χ1v) is 7.05. The first-order valence-electron chi connectivity index (χ1n) is 7.05. The van der Waals surface area contributed by atoms with Gasteiger partial charge in [-0.25, -0.2) is 4.98 Å². The zero-order valence-corrected chi connectivity index (χ0v) is 11.6. The summed E-state index contributed by atoms with van der Waals surface area (Å²) in [4.78, 5) is 7.59. The molecule has 0 radical (unpaired) electrons. The molecule has 0 saturated carbocycles. The van der Waals surface area contributed by atoms with Crippen molar-refractivity contribution in [2.45, 2.75) is 44.7 Å². The summed E-state index contributed by atoms with van der Waals surface area (Å²) in [6.07, 6.45) is 10.3. The van der Waals surface area contributed by atoms with Crippen LogP contribution in [0.3, 0.4) is 0 Å². The minimum Gasteiger partial charge on any atom is -0.347 e. The van der Waals surface area contributed by atoms with E-state index in [2.05, 4.69) is 27.3 Å². The third-order valence-corrected chi connectivity index (χ3v) is 4.04. The Labute approximate surface area is 113 Å². The smallest absolute Gasteiger partial charge is 0.123 e. The Bertz CT molecular complexity index is 528. The van der Waals surface area contributed by atoms with Crippen LogP contribution in [0, 0.1) is 0 Å². The van der Waals surface area contributed by atoms with Gasteiger partial charge in [-0.15, -0.1) is 0 Å². The topological polar surface area (TPSA) is 58.5 Å². The molecule has 2 unspecified atom stereocenters. The molecular formula is C14H21N5. The zero-order chi connectivity index (χ0) is 13.2. The lowest BCUT2D eigenvalue weighted by Crippen LogP contribution is -2.29. The fraction of sp³-hybridized carbons (Fsp3) is 0.571. The van der Waals surface area contributed by atoms with Gasteiger partial charge in [0.25, 0.3) is 0 Å². The van der Waals surface area contributed by atoms with Crippen molar-refractivity contribution in [3.8, 4) is 0 Å². The number of imidazole rings is 1. The molecular weight excluding hydrogens is 238 g/mol. The molecule has 2 N–H and O–H groups in total. The lowest BCUT2D eigenvalue weighted by Gasteiger charge is -2.27. The summed E-state index contributed by atoms with van der Waals surface area (Å²) in [5, 5.41) is 8.13. The lowest BCUT2D eigenvalue weighted by atomic mass is 9.92. The van der Waals surface area contributed by atoms with Crippen molar-refractivity contribution in [2.75, 3.05) is 0 Å². The van der Waals surface area contributed by atoms with E-state index in [1.807, 2.05) is 30.3 Å².